The topological polar surface area (TPSA) is 49.8 Å². The van der Waals surface area contributed by atoms with E-state index in [9.17, 15) is 4.79 Å². The second-order valence-electron chi connectivity index (χ2n) is 6.56. The second kappa shape index (κ2) is 8.18. The Balaban J connectivity index is 1.76. The van der Waals surface area contributed by atoms with E-state index in [1.54, 1.807) is 0 Å². The van der Waals surface area contributed by atoms with E-state index in [0.29, 0.717) is 5.92 Å². The summed E-state index contributed by atoms with van der Waals surface area (Å²) in [5.41, 5.74) is 1.25. The average molecular weight is 305 g/mol. The van der Waals surface area contributed by atoms with Crippen LogP contribution >= 0.6 is 0 Å². The predicted molar refractivity (Wildman–Crippen MR) is 87.0 cm³/mol. The summed E-state index contributed by atoms with van der Waals surface area (Å²) in [6, 6.07) is 8.27. The number of carbonyl (C=O) groups is 1. The maximum atomic E-state index is 11.0. The number of likely N-dealkylation sites (tertiary alicyclic amines) is 1. The minimum absolute atomic E-state index is 0.159. The number of carboxylic acid groups (broad SMARTS) is 1. The molecule has 1 fully saturated rings. The average Bonchev–Trinajstić information content (AvgIpc) is 2.49. The highest BCUT2D eigenvalue weighted by Gasteiger charge is 2.24. The third-order valence-corrected chi connectivity index (χ3v) is 4.23. The molecule has 1 aromatic carbocycles. The van der Waals surface area contributed by atoms with Crippen molar-refractivity contribution in [3.05, 3.63) is 29.8 Å². The van der Waals surface area contributed by atoms with E-state index in [1.807, 2.05) is 12.1 Å². The molecule has 0 spiro atoms. The van der Waals surface area contributed by atoms with E-state index in [0.717, 1.165) is 51.3 Å². The first-order valence-electron chi connectivity index (χ1n) is 8.21. The van der Waals surface area contributed by atoms with Crippen LogP contribution in [0.2, 0.25) is 0 Å². The lowest BCUT2D eigenvalue weighted by Gasteiger charge is -2.30. The number of nitrogens with zero attached hydrogens (tertiary/aromatic N) is 1. The van der Waals surface area contributed by atoms with Crippen LogP contribution in [0.25, 0.3) is 0 Å². The van der Waals surface area contributed by atoms with E-state index >= 15 is 0 Å². The van der Waals surface area contributed by atoms with Gasteiger partial charge in [0, 0.05) is 6.54 Å². The van der Waals surface area contributed by atoms with Crippen molar-refractivity contribution in [2.24, 2.45) is 11.8 Å². The fourth-order valence-corrected chi connectivity index (χ4v) is 2.70. The quantitative estimate of drug-likeness (QED) is 0.838. The number of ether oxygens (including phenoxy) is 1. The lowest BCUT2D eigenvalue weighted by molar-refractivity contribution is -0.143. The molecule has 0 saturated carbocycles. The molecule has 22 heavy (non-hydrogen) atoms. The minimum atomic E-state index is -0.650. The first-order valence-corrected chi connectivity index (χ1v) is 8.21. The van der Waals surface area contributed by atoms with Crippen LogP contribution in [0.1, 0.15) is 38.7 Å². The summed E-state index contributed by atoms with van der Waals surface area (Å²) in [6.07, 6.45) is 2.58. The lowest BCUT2D eigenvalue weighted by Crippen LogP contribution is -2.35. The van der Waals surface area contributed by atoms with Crippen LogP contribution in [-0.4, -0.2) is 35.7 Å². The van der Waals surface area contributed by atoms with Gasteiger partial charge in [-0.2, -0.15) is 0 Å². The Bertz CT molecular complexity index is 462. The lowest BCUT2D eigenvalue weighted by atomic mass is 9.97. The number of piperidine rings is 1. The molecule has 1 N–H and O–H groups in total. The SMILES string of the molecule is CC(C)CCOc1ccc(CN2CCC(C(=O)O)CC2)cc1. The van der Waals surface area contributed by atoms with Crippen molar-refractivity contribution in [3.63, 3.8) is 0 Å². The number of carboxylic acids is 1. The Morgan fingerprint density at radius 1 is 1.27 bits per heavy atom. The third-order valence-electron chi connectivity index (χ3n) is 4.23. The maximum Gasteiger partial charge on any atom is 0.306 e. The summed E-state index contributed by atoms with van der Waals surface area (Å²) in [6.45, 7) is 7.77. The fraction of sp³-hybridized carbons (Fsp3) is 0.611. The molecule has 0 radical (unpaired) electrons. The monoisotopic (exact) mass is 305 g/mol. The summed E-state index contributed by atoms with van der Waals surface area (Å²) < 4.78 is 5.72. The summed E-state index contributed by atoms with van der Waals surface area (Å²) in [7, 11) is 0. The second-order valence-corrected chi connectivity index (χ2v) is 6.56. The van der Waals surface area contributed by atoms with Crippen LogP contribution < -0.4 is 4.74 Å². The molecule has 4 nitrogen and oxygen atoms in total. The number of hydrogen-bond donors (Lipinski definition) is 1. The number of benzene rings is 1. The summed E-state index contributed by atoms with van der Waals surface area (Å²) >= 11 is 0. The summed E-state index contributed by atoms with van der Waals surface area (Å²) in [5.74, 6) is 0.775. The van der Waals surface area contributed by atoms with Crippen LogP contribution in [0.4, 0.5) is 0 Å². The molecule has 122 valence electrons. The van der Waals surface area contributed by atoms with Gasteiger partial charge in [0.25, 0.3) is 0 Å². The van der Waals surface area contributed by atoms with E-state index in [-0.39, 0.29) is 5.92 Å². The Hall–Kier alpha value is -1.55. The minimum Gasteiger partial charge on any atom is -0.494 e. The van der Waals surface area contributed by atoms with Crippen molar-refractivity contribution in [2.45, 2.75) is 39.7 Å². The smallest absolute Gasteiger partial charge is 0.306 e. The first kappa shape index (κ1) is 16.8. The van der Waals surface area contributed by atoms with E-state index in [1.165, 1.54) is 5.56 Å². The molecule has 1 aliphatic heterocycles. The molecule has 1 heterocycles. The highest BCUT2D eigenvalue weighted by molar-refractivity contribution is 5.70. The highest BCUT2D eigenvalue weighted by atomic mass is 16.5. The Morgan fingerprint density at radius 3 is 2.45 bits per heavy atom. The van der Waals surface area contributed by atoms with Crippen molar-refractivity contribution >= 4 is 5.97 Å². The standard InChI is InChI=1S/C18H27NO3/c1-14(2)9-12-22-17-5-3-15(4-6-17)13-19-10-7-16(8-11-19)18(20)21/h3-6,14,16H,7-13H2,1-2H3,(H,20,21). The zero-order valence-electron chi connectivity index (χ0n) is 13.6. The molecule has 0 aromatic heterocycles. The van der Waals surface area contributed by atoms with Gasteiger partial charge in [-0.15, -0.1) is 0 Å². The maximum absolute atomic E-state index is 11.0. The molecule has 0 aliphatic carbocycles. The van der Waals surface area contributed by atoms with Gasteiger partial charge in [-0.3, -0.25) is 9.69 Å². The molecule has 1 saturated heterocycles. The van der Waals surface area contributed by atoms with E-state index < -0.39 is 5.97 Å². The molecule has 2 rings (SSSR count). The van der Waals surface area contributed by atoms with Crippen molar-refractivity contribution in [3.8, 4) is 5.75 Å². The van der Waals surface area contributed by atoms with Crippen LogP contribution in [-0.2, 0) is 11.3 Å². The van der Waals surface area contributed by atoms with Gasteiger partial charge in [-0.05, 0) is 56.0 Å². The molecular weight excluding hydrogens is 278 g/mol. The zero-order chi connectivity index (χ0) is 15.9. The molecular formula is C18H27NO3. The van der Waals surface area contributed by atoms with Gasteiger partial charge in [-0.1, -0.05) is 26.0 Å². The zero-order valence-corrected chi connectivity index (χ0v) is 13.6. The predicted octanol–water partition coefficient (Wildman–Crippen LogP) is 3.41. The fourth-order valence-electron chi connectivity index (χ4n) is 2.70. The Labute approximate surface area is 133 Å². The van der Waals surface area contributed by atoms with Gasteiger partial charge in [0.05, 0.1) is 12.5 Å². The van der Waals surface area contributed by atoms with Crippen molar-refractivity contribution in [1.82, 2.24) is 4.90 Å². The number of aliphatic carboxylic acids is 1. The Kier molecular flexibility index (Phi) is 6.25. The van der Waals surface area contributed by atoms with E-state index in [2.05, 4.69) is 30.9 Å². The molecule has 0 bridgehead atoms. The van der Waals surface area contributed by atoms with Crippen LogP contribution in [0.3, 0.4) is 0 Å². The summed E-state index contributed by atoms with van der Waals surface area (Å²) in [5, 5.41) is 9.02. The number of hydrogen-bond acceptors (Lipinski definition) is 3. The largest absolute Gasteiger partial charge is 0.494 e. The Morgan fingerprint density at radius 2 is 1.91 bits per heavy atom. The molecule has 0 atom stereocenters. The summed E-state index contributed by atoms with van der Waals surface area (Å²) in [4.78, 5) is 13.3. The van der Waals surface area contributed by atoms with Crippen LogP contribution in [0.5, 0.6) is 5.75 Å². The molecule has 1 aromatic rings. The van der Waals surface area contributed by atoms with Crippen LogP contribution in [0, 0.1) is 11.8 Å². The van der Waals surface area contributed by atoms with E-state index in [4.69, 9.17) is 9.84 Å². The van der Waals surface area contributed by atoms with Crippen molar-refractivity contribution in [1.29, 1.82) is 0 Å². The van der Waals surface area contributed by atoms with Crippen molar-refractivity contribution in [2.75, 3.05) is 19.7 Å². The highest BCUT2D eigenvalue weighted by Crippen LogP contribution is 2.20. The normalized spacial score (nSPS) is 16.9. The first-order chi connectivity index (χ1) is 10.5. The van der Waals surface area contributed by atoms with Gasteiger partial charge in [0.15, 0.2) is 0 Å². The van der Waals surface area contributed by atoms with Gasteiger partial charge in [0.2, 0.25) is 0 Å². The van der Waals surface area contributed by atoms with Gasteiger partial charge < -0.3 is 9.84 Å². The molecule has 1 aliphatic rings. The molecule has 0 unspecified atom stereocenters. The van der Waals surface area contributed by atoms with Gasteiger partial charge >= 0.3 is 5.97 Å². The van der Waals surface area contributed by atoms with Crippen LogP contribution in [0.15, 0.2) is 24.3 Å². The van der Waals surface area contributed by atoms with Crippen molar-refractivity contribution < 1.29 is 14.6 Å². The van der Waals surface area contributed by atoms with Gasteiger partial charge in [0.1, 0.15) is 5.75 Å². The number of rotatable bonds is 7. The third kappa shape index (κ3) is 5.34. The molecule has 4 heteroatoms. The van der Waals surface area contributed by atoms with Gasteiger partial charge in [-0.25, -0.2) is 0 Å². The molecule has 0 amide bonds.